The van der Waals surface area contributed by atoms with E-state index in [1.54, 1.807) is 0 Å². The van der Waals surface area contributed by atoms with Crippen LogP contribution in [0.1, 0.15) is 33.6 Å². The molecule has 1 rings (SSSR count). The second kappa shape index (κ2) is 4.45. The lowest BCUT2D eigenvalue weighted by molar-refractivity contribution is -0.145. The average molecular weight is 194 g/mol. The molecule has 2 heteroatoms. The molecule has 0 aromatic rings. The molecule has 0 saturated heterocycles. The summed E-state index contributed by atoms with van der Waals surface area (Å²) in [6, 6.07) is 0. The molecule has 0 aliphatic heterocycles. The van der Waals surface area contributed by atoms with Gasteiger partial charge < -0.3 is 4.74 Å². The van der Waals surface area contributed by atoms with Crippen LogP contribution in [0.5, 0.6) is 0 Å². The van der Waals surface area contributed by atoms with Crippen molar-refractivity contribution in [3.05, 3.63) is 23.8 Å². The topological polar surface area (TPSA) is 26.3 Å². The molecular weight excluding hydrogens is 176 g/mol. The molecule has 0 heterocycles. The summed E-state index contributed by atoms with van der Waals surface area (Å²) in [5.41, 5.74) is 2.34. The first-order chi connectivity index (χ1) is 6.50. The fraction of sp³-hybridized carbons (Fsp3) is 0.583. The summed E-state index contributed by atoms with van der Waals surface area (Å²) in [6.45, 7) is 9.45. The highest BCUT2D eigenvalue weighted by molar-refractivity contribution is 5.66. The van der Waals surface area contributed by atoms with Crippen molar-refractivity contribution < 1.29 is 9.53 Å². The van der Waals surface area contributed by atoms with Gasteiger partial charge in [-0.2, -0.15) is 0 Å². The first-order valence-corrected chi connectivity index (χ1v) is 5.00. The van der Waals surface area contributed by atoms with Crippen LogP contribution in [-0.2, 0) is 9.53 Å². The molecule has 1 aliphatic carbocycles. The van der Waals surface area contributed by atoms with Crippen molar-refractivity contribution in [3.8, 4) is 0 Å². The van der Waals surface area contributed by atoms with Crippen LogP contribution in [0.15, 0.2) is 23.8 Å². The fourth-order valence-corrected chi connectivity index (χ4v) is 1.74. The predicted molar refractivity (Wildman–Crippen MR) is 56.8 cm³/mol. The highest BCUT2D eigenvalue weighted by Crippen LogP contribution is 2.30. The first kappa shape index (κ1) is 11.0. The Morgan fingerprint density at radius 1 is 1.57 bits per heavy atom. The quantitative estimate of drug-likeness (QED) is 0.499. The highest BCUT2D eigenvalue weighted by Gasteiger charge is 2.24. The largest absolute Gasteiger partial charge is 0.458 e. The SMILES string of the molecule is C=C(C)[C@H]1CC=C(C)C(OC(C)=O)C1. The Bertz CT molecular complexity index is 276. The summed E-state index contributed by atoms with van der Waals surface area (Å²) in [5.74, 6) is 0.258. The van der Waals surface area contributed by atoms with Crippen molar-refractivity contribution in [2.75, 3.05) is 0 Å². The fourth-order valence-electron chi connectivity index (χ4n) is 1.74. The van der Waals surface area contributed by atoms with Gasteiger partial charge in [0, 0.05) is 6.92 Å². The van der Waals surface area contributed by atoms with Gasteiger partial charge in [0.05, 0.1) is 0 Å². The molecule has 0 spiro atoms. The molecule has 0 N–H and O–H groups in total. The van der Waals surface area contributed by atoms with Crippen molar-refractivity contribution >= 4 is 5.97 Å². The smallest absolute Gasteiger partial charge is 0.303 e. The molecule has 1 unspecified atom stereocenters. The average Bonchev–Trinajstić information content (AvgIpc) is 2.07. The van der Waals surface area contributed by atoms with Gasteiger partial charge in [-0.25, -0.2) is 0 Å². The number of hydrogen-bond donors (Lipinski definition) is 0. The van der Waals surface area contributed by atoms with Crippen LogP contribution < -0.4 is 0 Å². The molecule has 0 radical (unpaired) electrons. The maximum absolute atomic E-state index is 10.9. The van der Waals surface area contributed by atoms with Crippen molar-refractivity contribution in [2.45, 2.75) is 39.7 Å². The second-order valence-electron chi connectivity index (χ2n) is 4.06. The molecule has 0 aromatic carbocycles. The minimum absolute atomic E-state index is 0.0389. The molecule has 2 atom stereocenters. The van der Waals surface area contributed by atoms with E-state index in [1.807, 2.05) is 13.8 Å². The summed E-state index contributed by atoms with van der Waals surface area (Å²) in [7, 11) is 0. The Balaban J connectivity index is 2.66. The number of carbonyl (C=O) groups is 1. The predicted octanol–water partition coefficient (Wildman–Crippen LogP) is 2.85. The first-order valence-electron chi connectivity index (χ1n) is 5.00. The van der Waals surface area contributed by atoms with Crippen LogP contribution >= 0.6 is 0 Å². The Hall–Kier alpha value is -1.05. The number of rotatable bonds is 2. The normalized spacial score (nSPS) is 26.6. The van der Waals surface area contributed by atoms with E-state index in [4.69, 9.17) is 4.74 Å². The van der Waals surface area contributed by atoms with Gasteiger partial charge in [0.1, 0.15) is 6.10 Å². The van der Waals surface area contributed by atoms with E-state index in [0.29, 0.717) is 5.92 Å². The summed E-state index contributed by atoms with van der Waals surface area (Å²) in [5, 5.41) is 0. The number of carbonyl (C=O) groups excluding carboxylic acids is 1. The Morgan fingerprint density at radius 2 is 2.21 bits per heavy atom. The second-order valence-corrected chi connectivity index (χ2v) is 4.06. The van der Waals surface area contributed by atoms with Crippen molar-refractivity contribution in [2.24, 2.45) is 5.92 Å². The van der Waals surface area contributed by atoms with Crippen LogP contribution in [0.4, 0.5) is 0 Å². The van der Waals surface area contributed by atoms with E-state index in [-0.39, 0.29) is 12.1 Å². The maximum atomic E-state index is 10.9. The lowest BCUT2D eigenvalue weighted by Gasteiger charge is -2.28. The van der Waals surface area contributed by atoms with E-state index in [1.165, 1.54) is 12.5 Å². The van der Waals surface area contributed by atoms with Gasteiger partial charge in [-0.15, -0.1) is 0 Å². The minimum atomic E-state index is -0.204. The standard InChI is InChI=1S/C12H18O2/c1-8(2)11-6-5-9(3)12(7-11)14-10(4)13/h5,11-12H,1,6-7H2,2-4H3/t11-,12?/m0/s1. The lowest BCUT2D eigenvalue weighted by Crippen LogP contribution is -2.25. The molecule has 2 nitrogen and oxygen atoms in total. The zero-order valence-electron chi connectivity index (χ0n) is 9.17. The van der Waals surface area contributed by atoms with Crippen molar-refractivity contribution in [3.63, 3.8) is 0 Å². The third-order valence-electron chi connectivity index (χ3n) is 2.74. The van der Waals surface area contributed by atoms with E-state index in [9.17, 15) is 4.79 Å². The Morgan fingerprint density at radius 3 is 2.71 bits per heavy atom. The van der Waals surface area contributed by atoms with Crippen LogP contribution in [0.3, 0.4) is 0 Å². The van der Waals surface area contributed by atoms with E-state index >= 15 is 0 Å². The van der Waals surface area contributed by atoms with Gasteiger partial charge in [0.15, 0.2) is 0 Å². The van der Waals surface area contributed by atoms with Gasteiger partial charge in [-0.05, 0) is 38.2 Å². The molecular formula is C12H18O2. The third kappa shape index (κ3) is 2.72. The molecule has 0 bridgehead atoms. The van der Waals surface area contributed by atoms with Crippen LogP contribution in [-0.4, -0.2) is 12.1 Å². The Labute approximate surface area is 85.6 Å². The van der Waals surface area contributed by atoms with Crippen LogP contribution in [0.2, 0.25) is 0 Å². The molecule has 0 saturated carbocycles. The minimum Gasteiger partial charge on any atom is -0.458 e. The molecule has 0 amide bonds. The summed E-state index contributed by atoms with van der Waals surface area (Å²) < 4.78 is 5.24. The van der Waals surface area contributed by atoms with Gasteiger partial charge in [0.2, 0.25) is 0 Å². The molecule has 14 heavy (non-hydrogen) atoms. The third-order valence-corrected chi connectivity index (χ3v) is 2.74. The number of ether oxygens (including phenoxy) is 1. The van der Waals surface area contributed by atoms with Gasteiger partial charge >= 0.3 is 5.97 Å². The number of esters is 1. The van der Waals surface area contributed by atoms with Crippen LogP contribution in [0.25, 0.3) is 0 Å². The number of allylic oxidation sites excluding steroid dienone is 2. The van der Waals surface area contributed by atoms with E-state index < -0.39 is 0 Å². The number of hydrogen-bond acceptors (Lipinski definition) is 2. The van der Waals surface area contributed by atoms with E-state index in [2.05, 4.69) is 12.7 Å². The molecule has 78 valence electrons. The van der Waals surface area contributed by atoms with E-state index in [0.717, 1.165) is 18.4 Å². The lowest BCUT2D eigenvalue weighted by atomic mass is 9.84. The molecule has 0 aromatic heterocycles. The van der Waals surface area contributed by atoms with Crippen LogP contribution in [0, 0.1) is 5.92 Å². The highest BCUT2D eigenvalue weighted by atomic mass is 16.5. The summed E-state index contributed by atoms with van der Waals surface area (Å²) >= 11 is 0. The summed E-state index contributed by atoms with van der Waals surface area (Å²) in [6.07, 6.45) is 4.02. The van der Waals surface area contributed by atoms with Crippen molar-refractivity contribution in [1.29, 1.82) is 0 Å². The summed E-state index contributed by atoms with van der Waals surface area (Å²) in [4.78, 5) is 10.9. The van der Waals surface area contributed by atoms with Gasteiger partial charge in [-0.3, -0.25) is 4.79 Å². The van der Waals surface area contributed by atoms with Gasteiger partial charge in [-0.1, -0.05) is 18.2 Å². The molecule has 0 fully saturated rings. The maximum Gasteiger partial charge on any atom is 0.303 e. The van der Waals surface area contributed by atoms with Crippen molar-refractivity contribution in [1.82, 2.24) is 0 Å². The Kier molecular flexibility index (Phi) is 3.50. The zero-order valence-corrected chi connectivity index (χ0v) is 9.17. The molecule has 1 aliphatic rings. The monoisotopic (exact) mass is 194 g/mol. The zero-order chi connectivity index (χ0) is 10.7. The van der Waals surface area contributed by atoms with Gasteiger partial charge in [0.25, 0.3) is 0 Å².